The van der Waals surface area contributed by atoms with Gasteiger partial charge in [0.2, 0.25) is 0 Å². The number of ether oxygens (including phenoxy) is 2. The molecule has 5 nitrogen and oxygen atoms in total. The number of rotatable bonds is 7. The molecule has 21 heavy (non-hydrogen) atoms. The molecule has 1 aromatic heterocycles. The van der Waals surface area contributed by atoms with Crippen LogP contribution in [0.5, 0.6) is 0 Å². The van der Waals surface area contributed by atoms with Crippen LogP contribution in [0.4, 0.5) is 0 Å². The van der Waals surface area contributed by atoms with Crippen molar-refractivity contribution in [3.05, 3.63) is 24.0 Å². The largest absolute Gasteiger partial charge is 0.351 e. The van der Waals surface area contributed by atoms with E-state index >= 15 is 0 Å². The van der Waals surface area contributed by atoms with Crippen LogP contribution in [0.3, 0.4) is 0 Å². The number of nitrogens with two attached hydrogens (primary N) is 1. The molecule has 1 heterocycles. The van der Waals surface area contributed by atoms with Crippen LogP contribution < -0.4 is 5.73 Å². The molecule has 5 heteroatoms. The highest BCUT2D eigenvalue weighted by atomic mass is 16.7. The molecule has 0 atom stereocenters. The standard InChI is InChI=1S/C11H17NO3.2C2H6.CH5N/c1-3-14-11(15-4-2)8-12-7-5-6-10(12)9-13;3*1-2/h5-7,9,11H,3-4,8H2,1-2H3;2*1-2H3;2H2,1H3. The van der Waals surface area contributed by atoms with E-state index < -0.39 is 0 Å². The Bertz CT molecular complexity index is 295. The van der Waals surface area contributed by atoms with Gasteiger partial charge in [0.25, 0.3) is 0 Å². The van der Waals surface area contributed by atoms with Gasteiger partial charge in [0.15, 0.2) is 12.6 Å². The van der Waals surface area contributed by atoms with Gasteiger partial charge in [-0.25, -0.2) is 0 Å². The molecular formula is C16H34N2O3. The number of hydrogen-bond acceptors (Lipinski definition) is 4. The maximum absolute atomic E-state index is 10.7. The molecule has 0 fully saturated rings. The highest BCUT2D eigenvalue weighted by Gasteiger charge is 2.10. The number of hydrogen-bond donors (Lipinski definition) is 1. The first-order valence-electron chi connectivity index (χ1n) is 7.73. The summed E-state index contributed by atoms with van der Waals surface area (Å²) in [6, 6.07) is 3.60. The highest BCUT2D eigenvalue weighted by Crippen LogP contribution is 2.04. The maximum atomic E-state index is 10.7. The molecule has 126 valence electrons. The van der Waals surface area contributed by atoms with Crippen molar-refractivity contribution in [3.63, 3.8) is 0 Å². The van der Waals surface area contributed by atoms with Crippen LogP contribution in [0.1, 0.15) is 52.0 Å². The first-order valence-corrected chi connectivity index (χ1v) is 7.73. The molecule has 1 aromatic rings. The van der Waals surface area contributed by atoms with Gasteiger partial charge in [-0.15, -0.1) is 0 Å². The van der Waals surface area contributed by atoms with Crippen LogP contribution in [-0.4, -0.2) is 37.4 Å². The lowest BCUT2D eigenvalue weighted by molar-refractivity contribution is -0.143. The second-order valence-corrected chi connectivity index (χ2v) is 3.04. The molecule has 1 rings (SSSR count). The molecule has 0 bridgehead atoms. The van der Waals surface area contributed by atoms with E-state index in [1.54, 1.807) is 6.07 Å². The molecule has 0 saturated heterocycles. The SMILES string of the molecule is CC.CC.CCOC(Cn1cccc1C=O)OCC.CN. The summed E-state index contributed by atoms with van der Waals surface area (Å²) in [7, 11) is 1.50. The molecule has 0 aliphatic rings. The molecular weight excluding hydrogens is 268 g/mol. The lowest BCUT2D eigenvalue weighted by Crippen LogP contribution is -2.24. The second kappa shape index (κ2) is 21.1. The van der Waals surface area contributed by atoms with Crippen LogP contribution in [0.25, 0.3) is 0 Å². The van der Waals surface area contributed by atoms with Gasteiger partial charge in [0, 0.05) is 19.4 Å². The molecule has 2 N–H and O–H groups in total. The fourth-order valence-electron chi connectivity index (χ4n) is 1.39. The molecule has 0 aliphatic heterocycles. The van der Waals surface area contributed by atoms with Gasteiger partial charge in [-0.05, 0) is 33.0 Å². The third-order valence-electron chi connectivity index (χ3n) is 2.04. The minimum atomic E-state index is -0.286. The van der Waals surface area contributed by atoms with Crippen LogP contribution in [0, 0.1) is 0 Å². The molecule has 0 amide bonds. The summed E-state index contributed by atoms with van der Waals surface area (Å²) in [5, 5.41) is 0. The van der Waals surface area contributed by atoms with Crippen LogP contribution in [-0.2, 0) is 16.0 Å². The van der Waals surface area contributed by atoms with Crippen molar-refractivity contribution in [1.82, 2.24) is 4.57 Å². The second-order valence-electron chi connectivity index (χ2n) is 3.04. The summed E-state index contributed by atoms with van der Waals surface area (Å²) in [5.41, 5.74) is 5.14. The van der Waals surface area contributed by atoms with Crippen molar-refractivity contribution >= 4 is 6.29 Å². The van der Waals surface area contributed by atoms with Crippen molar-refractivity contribution in [3.8, 4) is 0 Å². The molecule has 0 unspecified atom stereocenters. The van der Waals surface area contributed by atoms with Crippen molar-refractivity contribution in [1.29, 1.82) is 0 Å². The summed E-state index contributed by atoms with van der Waals surface area (Å²) in [6.45, 7) is 13.6. The van der Waals surface area contributed by atoms with E-state index in [0.717, 1.165) is 6.29 Å². The minimum Gasteiger partial charge on any atom is -0.351 e. The Balaban J connectivity index is -0.000000478. The first-order chi connectivity index (χ1) is 10.3. The first kappa shape index (κ1) is 24.8. The van der Waals surface area contributed by atoms with E-state index in [9.17, 15) is 4.79 Å². The number of nitrogens with zero attached hydrogens (tertiary/aromatic N) is 1. The Labute approximate surface area is 130 Å². The van der Waals surface area contributed by atoms with Crippen molar-refractivity contribution < 1.29 is 14.3 Å². The number of aromatic nitrogens is 1. The van der Waals surface area contributed by atoms with E-state index in [1.165, 1.54) is 7.05 Å². The average molecular weight is 302 g/mol. The number of carbonyl (C=O) groups excluding carboxylic acids is 1. The van der Waals surface area contributed by atoms with Gasteiger partial charge < -0.3 is 19.8 Å². The fourth-order valence-corrected chi connectivity index (χ4v) is 1.39. The van der Waals surface area contributed by atoms with Gasteiger partial charge >= 0.3 is 0 Å². The summed E-state index contributed by atoms with van der Waals surface area (Å²) < 4.78 is 12.6. The highest BCUT2D eigenvalue weighted by molar-refractivity contribution is 5.72. The molecule has 0 aliphatic carbocycles. The Morgan fingerprint density at radius 1 is 1.14 bits per heavy atom. The normalized spacial score (nSPS) is 8.62. The van der Waals surface area contributed by atoms with Crippen LogP contribution in [0.2, 0.25) is 0 Å². The Morgan fingerprint density at radius 3 is 2.00 bits per heavy atom. The van der Waals surface area contributed by atoms with Gasteiger partial charge in [0.1, 0.15) is 0 Å². The van der Waals surface area contributed by atoms with E-state index in [1.807, 2.05) is 58.4 Å². The number of carbonyl (C=O) groups is 1. The van der Waals surface area contributed by atoms with Gasteiger partial charge in [0.05, 0.1) is 12.2 Å². The van der Waals surface area contributed by atoms with Crippen molar-refractivity contribution in [2.24, 2.45) is 5.73 Å². The molecule has 0 spiro atoms. The van der Waals surface area contributed by atoms with E-state index in [-0.39, 0.29) is 6.29 Å². The van der Waals surface area contributed by atoms with Gasteiger partial charge in [-0.3, -0.25) is 4.79 Å². The smallest absolute Gasteiger partial charge is 0.175 e. The summed E-state index contributed by atoms with van der Waals surface area (Å²) >= 11 is 0. The van der Waals surface area contributed by atoms with E-state index in [4.69, 9.17) is 9.47 Å². The van der Waals surface area contributed by atoms with Crippen LogP contribution >= 0.6 is 0 Å². The zero-order valence-electron chi connectivity index (χ0n) is 14.8. The summed E-state index contributed by atoms with van der Waals surface area (Å²) in [6.07, 6.45) is 2.38. The fraction of sp³-hybridized carbons (Fsp3) is 0.688. The van der Waals surface area contributed by atoms with Crippen LogP contribution in [0.15, 0.2) is 18.3 Å². The van der Waals surface area contributed by atoms with E-state index in [0.29, 0.717) is 25.5 Å². The zero-order valence-corrected chi connectivity index (χ0v) is 14.8. The Morgan fingerprint density at radius 2 is 1.62 bits per heavy atom. The lowest BCUT2D eigenvalue weighted by Gasteiger charge is -2.18. The van der Waals surface area contributed by atoms with Gasteiger partial charge in [-0.1, -0.05) is 27.7 Å². The molecule has 0 radical (unpaired) electrons. The maximum Gasteiger partial charge on any atom is 0.175 e. The average Bonchev–Trinajstić information content (AvgIpc) is 3.01. The third kappa shape index (κ3) is 12.3. The third-order valence-corrected chi connectivity index (χ3v) is 2.04. The number of aldehydes is 1. The predicted octanol–water partition coefficient (Wildman–Crippen LogP) is 3.33. The summed E-state index contributed by atoms with van der Waals surface area (Å²) in [4.78, 5) is 10.7. The van der Waals surface area contributed by atoms with Crippen molar-refractivity contribution in [2.75, 3.05) is 20.3 Å². The van der Waals surface area contributed by atoms with E-state index in [2.05, 4.69) is 5.73 Å². The quantitative estimate of drug-likeness (QED) is 0.620. The predicted molar refractivity (Wildman–Crippen MR) is 89.7 cm³/mol. The Hall–Kier alpha value is -1.17. The summed E-state index contributed by atoms with van der Waals surface area (Å²) in [5.74, 6) is 0. The molecule has 0 saturated carbocycles. The monoisotopic (exact) mass is 302 g/mol. The Kier molecular flexibility index (Phi) is 25.0. The zero-order chi connectivity index (χ0) is 17.1. The van der Waals surface area contributed by atoms with Crippen molar-refractivity contribution in [2.45, 2.75) is 54.4 Å². The topological polar surface area (TPSA) is 66.5 Å². The van der Waals surface area contributed by atoms with Gasteiger partial charge in [-0.2, -0.15) is 0 Å². The molecule has 0 aromatic carbocycles. The lowest BCUT2D eigenvalue weighted by atomic mass is 10.4. The minimum absolute atomic E-state index is 0.286.